The number of benzene rings is 8. The normalized spacial score (nSPS) is 17.3. The van der Waals surface area contributed by atoms with Gasteiger partial charge in [0.1, 0.15) is 0 Å². The second-order valence-electron chi connectivity index (χ2n) is 16.4. The standard InChI is InChI=1S/C60H48N2/c1-4-49(61(50-24-9-5-10-25-50)51-26-11-6-12-27-51)40-56-43(2)58(46-33-32-44-21-17-18-22-45(44)39-46)57-41-54(62(52-28-13-7-14-29-52)53-30-15-8-16-31-53)36-37-55(57)59(56)47-34-35-48-23-19-20-38-60(48,3)42-47/h4-42,48H,2H2,1,3H3/b49-4+,56-40+. The zero-order valence-electron chi connectivity index (χ0n) is 35.2. The molecule has 298 valence electrons. The Morgan fingerprint density at radius 3 is 1.79 bits per heavy atom. The maximum atomic E-state index is 5.10. The number of hydrogen-bond donors (Lipinski definition) is 0. The molecule has 2 heteroatoms. The van der Waals surface area contributed by atoms with E-state index in [4.69, 9.17) is 6.58 Å². The summed E-state index contributed by atoms with van der Waals surface area (Å²) < 4.78 is 0. The summed E-state index contributed by atoms with van der Waals surface area (Å²) in [6.07, 6.45) is 20.8. The third kappa shape index (κ3) is 7.10. The smallest absolute Gasteiger partial charge is 0.0468 e. The van der Waals surface area contributed by atoms with Crippen molar-refractivity contribution < 1.29 is 0 Å². The van der Waals surface area contributed by atoms with Gasteiger partial charge in [0.25, 0.3) is 0 Å². The van der Waals surface area contributed by atoms with Crippen molar-refractivity contribution >= 4 is 68.2 Å². The molecule has 0 N–H and O–H groups in total. The molecule has 10 rings (SSSR count). The Hall–Kier alpha value is -7.68. The van der Waals surface area contributed by atoms with Crippen LogP contribution in [0.5, 0.6) is 0 Å². The third-order valence-electron chi connectivity index (χ3n) is 12.5. The SMILES string of the molecule is C=c1c(-c2ccc3ccccc3c2)c2cc(N(c3ccccc3)c3ccccc3)ccc2c(C2=CC3(C)C=CC=CC3C=C2)/c1=C/C(=C\C)N(c1ccccc1)c1ccccc1. The minimum absolute atomic E-state index is 0.179. The van der Waals surface area contributed by atoms with Crippen LogP contribution in [-0.4, -0.2) is 0 Å². The molecule has 8 aromatic rings. The van der Waals surface area contributed by atoms with Crippen molar-refractivity contribution in [2.75, 3.05) is 9.80 Å². The van der Waals surface area contributed by atoms with Crippen LogP contribution in [0, 0.1) is 11.3 Å². The van der Waals surface area contributed by atoms with Crippen LogP contribution in [0.3, 0.4) is 0 Å². The molecule has 0 spiro atoms. The van der Waals surface area contributed by atoms with Gasteiger partial charge in [0, 0.05) is 45.5 Å². The molecule has 0 aromatic heterocycles. The molecular weight excluding hydrogens is 749 g/mol. The number of anilines is 5. The molecule has 0 aliphatic heterocycles. The molecule has 0 heterocycles. The number of fused-ring (bicyclic) bond motifs is 3. The van der Waals surface area contributed by atoms with E-state index in [2.05, 4.69) is 260 Å². The highest BCUT2D eigenvalue weighted by Crippen LogP contribution is 2.44. The molecule has 8 aromatic carbocycles. The molecule has 2 unspecified atom stereocenters. The van der Waals surface area contributed by atoms with E-state index in [0.29, 0.717) is 0 Å². The Morgan fingerprint density at radius 1 is 0.565 bits per heavy atom. The topological polar surface area (TPSA) is 6.48 Å². The number of allylic oxidation sites excluding steroid dienone is 10. The fourth-order valence-electron chi connectivity index (χ4n) is 9.39. The maximum absolute atomic E-state index is 5.10. The van der Waals surface area contributed by atoms with Crippen molar-refractivity contribution in [3.63, 3.8) is 0 Å². The zero-order valence-corrected chi connectivity index (χ0v) is 35.2. The maximum Gasteiger partial charge on any atom is 0.0468 e. The Bertz CT molecular complexity index is 3130. The van der Waals surface area contributed by atoms with Gasteiger partial charge in [-0.25, -0.2) is 0 Å². The van der Waals surface area contributed by atoms with Crippen molar-refractivity contribution in [3.05, 3.63) is 252 Å². The molecule has 2 aliphatic carbocycles. The molecule has 0 fully saturated rings. The van der Waals surface area contributed by atoms with E-state index in [9.17, 15) is 0 Å². The summed E-state index contributed by atoms with van der Waals surface area (Å²) in [7, 11) is 0. The van der Waals surface area contributed by atoms with E-state index < -0.39 is 0 Å². The molecule has 0 radical (unpaired) electrons. The third-order valence-corrected chi connectivity index (χ3v) is 12.5. The minimum Gasteiger partial charge on any atom is -0.311 e. The minimum atomic E-state index is -0.179. The van der Waals surface area contributed by atoms with E-state index in [0.717, 1.165) is 61.1 Å². The lowest BCUT2D eigenvalue weighted by molar-refractivity contribution is 0.454. The molecule has 0 amide bonds. The summed E-state index contributed by atoms with van der Waals surface area (Å²) >= 11 is 0. The van der Waals surface area contributed by atoms with Crippen LogP contribution in [0.25, 0.3) is 50.9 Å². The van der Waals surface area contributed by atoms with Crippen LogP contribution in [0.4, 0.5) is 28.4 Å². The molecule has 2 nitrogen and oxygen atoms in total. The van der Waals surface area contributed by atoms with Gasteiger partial charge in [0.15, 0.2) is 0 Å². The summed E-state index contributed by atoms with van der Waals surface area (Å²) in [6.45, 7) is 9.58. The van der Waals surface area contributed by atoms with E-state index in [-0.39, 0.29) is 11.3 Å². The highest BCUT2D eigenvalue weighted by atomic mass is 15.1. The number of para-hydroxylation sites is 4. The van der Waals surface area contributed by atoms with Crippen molar-refractivity contribution in [3.8, 4) is 11.1 Å². The van der Waals surface area contributed by atoms with Crippen LogP contribution < -0.4 is 20.2 Å². The quantitative estimate of drug-likeness (QED) is 0.144. The van der Waals surface area contributed by atoms with Crippen molar-refractivity contribution in [2.45, 2.75) is 13.8 Å². The number of nitrogens with zero attached hydrogens (tertiary/aromatic N) is 2. The van der Waals surface area contributed by atoms with E-state index in [1.165, 1.54) is 27.3 Å². The molecule has 0 saturated carbocycles. The van der Waals surface area contributed by atoms with Gasteiger partial charge in [-0.3, -0.25) is 0 Å². The summed E-state index contributed by atoms with van der Waals surface area (Å²) in [5.74, 6) is 0.278. The molecule has 0 saturated heterocycles. The fraction of sp³-hybridized carbons (Fsp3) is 0.0667. The Kier molecular flexibility index (Phi) is 10.2. The predicted molar refractivity (Wildman–Crippen MR) is 267 cm³/mol. The van der Waals surface area contributed by atoms with Crippen LogP contribution in [0.2, 0.25) is 0 Å². The van der Waals surface area contributed by atoms with Gasteiger partial charge in [-0.05, 0) is 134 Å². The van der Waals surface area contributed by atoms with Gasteiger partial charge in [0.05, 0.1) is 0 Å². The average Bonchev–Trinajstić information content (AvgIpc) is 3.32. The fourth-order valence-corrected chi connectivity index (χ4v) is 9.39. The van der Waals surface area contributed by atoms with E-state index in [1.807, 2.05) is 0 Å². The second kappa shape index (κ2) is 16.4. The van der Waals surface area contributed by atoms with Gasteiger partial charge < -0.3 is 9.80 Å². The van der Waals surface area contributed by atoms with Crippen molar-refractivity contribution in [1.82, 2.24) is 0 Å². The first kappa shape index (κ1) is 38.5. The van der Waals surface area contributed by atoms with Crippen LogP contribution in [0.15, 0.2) is 236 Å². The van der Waals surface area contributed by atoms with Gasteiger partial charge >= 0.3 is 0 Å². The lowest BCUT2D eigenvalue weighted by Crippen LogP contribution is -2.33. The van der Waals surface area contributed by atoms with Crippen LogP contribution in [-0.2, 0) is 0 Å². The molecule has 62 heavy (non-hydrogen) atoms. The summed E-state index contributed by atoms with van der Waals surface area (Å²) in [5, 5.41) is 6.80. The second-order valence-corrected chi connectivity index (χ2v) is 16.4. The summed E-state index contributed by atoms with van der Waals surface area (Å²) in [4.78, 5) is 4.70. The average molecular weight is 797 g/mol. The lowest BCUT2D eigenvalue weighted by atomic mass is 9.69. The van der Waals surface area contributed by atoms with Crippen molar-refractivity contribution in [2.24, 2.45) is 11.3 Å². The van der Waals surface area contributed by atoms with Gasteiger partial charge in [-0.2, -0.15) is 0 Å². The monoisotopic (exact) mass is 796 g/mol. The van der Waals surface area contributed by atoms with Crippen LogP contribution in [0.1, 0.15) is 19.4 Å². The molecular formula is C60H48N2. The number of hydrogen-bond acceptors (Lipinski definition) is 2. The molecule has 2 atom stereocenters. The first-order chi connectivity index (χ1) is 30.5. The van der Waals surface area contributed by atoms with E-state index >= 15 is 0 Å². The summed E-state index contributed by atoms with van der Waals surface area (Å²) in [6, 6.07) is 65.1. The predicted octanol–water partition coefficient (Wildman–Crippen LogP) is 14.8. The summed E-state index contributed by atoms with van der Waals surface area (Å²) in [5.41, 5.74) is 10.9. The highest BCUT2D eigenvalue weighted by molar-refractivity contribution is 6.07. The van der Waals surface area contributed by atoms with Crippen molar-refractivity contribution in [1.29, 1.82) is 0 Å². The Balaban J connectivity index is 1.32. The molecule has 0 bridgehead atoms. The first-order valence-corrected chi connectivity index (χ1v) is 21.5. The zero-order chi connectivity index (χ0) is 42.0. The van der Waals surface area contributed by atoms with E-state index in [1.54, 1.807) is 0 Å². The van der Waals surface area contributed by atoms with Gasteiger partial charge in [0.2, 0.25) is 0 Å². The Labute approximate surface area is 365 Å². The van der Waals surface area contributed by atoms with Crippen LogP contribution >= 0.6 is 0 Å². The lowest BCUT2D eigenvalue weighted by Gasteiger charge is -2.34. The molecule has 2 aliphatic rings. The Morgan fingerprint density at radius 2 is 1.16 bits per heavy atom. The first-order valence-electron chi connectivity index (χ1n) is 21.5. The highest BCUT2D eigenvalue weighted by Gasteiger charge is 2.31. The largest absolute Gasteiger partial charge is 0.311 e. The van der Waals surface area contributed by atoms with Gasteiger partial charge in [-0.15, -0.1) is 0 Å². The van der Waals surface area contributed by atoms with Gasteiger partial charge in [-0.1, -0.05) is 177 Å². The number of rotatable bonds is 9.